The molecule has 1 amide bonds. The van der Waals surface area contributed by atoms with Crippen LogP contribution in [0.2, 0.25) is 0 Å². The lowest BCUT2D eigenvalue weighted by molar-refractivity contribution is -0.118. The highest BCUT2D eigenvalue weighted by atomic mass is 16.5. The molecule has 0 aliphatic heterocycles. The zero-order chi connectivity index (χ0) is 20.4. The van der Waals surface area contributed by atoms with Crippen molar-refractivity contribution in [3.8, 4) is 17.0 Å². The summed E-state index contributed by atoms with van der Waals surface area (Å²) in [5.41, 5.74) is 11.5. The molecular formula is C22H26N4O3. The summed E-state index contributed by atoms with van der Waals surface area (Å²) in [5, 5.41) is 4.53. The zero-order valence-corrected chi connectivity index (χ0v) is 16.9. The maximum atomic E-state index is 11.1. The minimum Gasteiger partial charge on any atom is -0.496 e. The summed E-state index contributed by atoms with van der Waals surface area (Å²) in [6, 6.07) is 8.24. The van der Waals surface area contributed by atoms with Gasteiger partial charge < -0.3 is 15.2 Å². The van der Waals surface area contributed by atoms with Crippen LogP contribution in [0.4, 0.5) is 0 Å². The third kappa shape index (κ3) is 4.10. The van der Waals surface area contributed by atoms with Crippen molar-refractivity contribution in [2.24, 2.45) is 5.73 Å². The zero-order valence-electron chi connectivity index (χ0n) is 16.9. The number of rotatable bonds is 9. The van der Waals surface area contributed by atoms with Crippen LogP contribution in [0.15, 0.2) is 30.5 Å². The molecule has 1 fully saturated rings. The molecule has 0 spiro atoms. The number of primary amides is 1. The Morgan fingerprint density at radius 3 is 2.79 bits per heavy atom. The summed E-state index contributed by atoms with van der Waals surface area (Å²) in [6.45, 7) is 1.14. The van der Waals surface area contributed by atoms with Crippen LogP contribution in [0, 0.1) is 0 Å². The predicted molar refractivity (Wildman–Crippen MR) is 111 cm³/mol. The molecule has 152 valence electrons. The van der Waals surface area contributed by atoms with Crippen LogP contribution in [0.1, 0.15) is 42.7 Å². The Bertz CT molecular complexity index is 1040. The number of pyridine rings is 1. The van der Waals surface area contributed by atoms with Gasteiger partial charge >= 0.3 is 0 Å². The Kier molecular flexibility index (Phi) is 5.49. The highest BCUT2D eigenvalue weighted by Crippen LogP contribution is 2.44. The van der Waals surface area contributed by atoms with Gasteiger partial charge in [0.15, 0.2) is 0 Å². The van der Waals surface area contributed by atoms with Crippen molar-refractivity contribution >= 4 is 16.9 Å². The lowest BCUT2D eigenvalue weighted by atomic mass is 10.0. The predicted octanol–water partition coefficient (Wildman–Crippen LogP) is 3.40. The average molecular weight is 394 g/mol. The molecule has 1 aliphatic carbocycles. The molecule has 0 bridgehead atoms. The molecular weight excluding hydrogens is 368 g/mol. The van der Waals surface area contributed by atoms with Gasteiger partial charge in [-0.15, -0.1) is 0 Å². The molecule has 2 heterocycles. The second kappa shape index (κ2) is 8.21. The number of nitrogens with zero attached hydrogens (tertiary/aromatic N) is 3. The number of benzene rings is 1. The molecule has 0 saturated heterocycles. The van der Waals surface area contributed by atoms with Crippen LogP contribution >= 0.6 is 0 Å². The molecule has 1 saturated carbocycles. The molecule has 3 aromatic rings. The van der Waals surface area contributed by atoms with Gasteiger partial charge in [0.05, 0.1) is 31.1 Å². The number of aromatic nitrogens is 3. The number of hydrogen-bond donors (Lipinski definition) is 1. The summed E-state index contributed by atoms with van der Waals surface area (Å²) in [6.07, 6.45) is 5.22. The number of hydrogen-bond acceptors (Lipinski definition) is 5. The van der Waals surface area contributed by atoms with E-state index in [1.54, 1.807) is 14.2 Å². The number of carbonyl (C=O) groups excluding carboxylic acids is 1. The highest BCUT2D eigenvalue weighted by Gasteiger charge is 2.28. The number of nitrogens with two attached hydrogens (primary N) is 1. The second-order valence-electron chi connectivity index (χ2n) is 7.50. The van der Waals surface area contributed by atoms with Crippen molar-refractivity contribution in [1.29, 1.82) is 0 Å². The Labute approximate surface area is 169 Å². The molecule has 1 aromatic carbocycles. The first-order valence-electron chi connectivity index (χ1n) is 9.91. The lowest BCUT2D eigenvalue weighted by Crippen LogP contribution is -2.12. The van der Waals surface area contributed by atoms with Gasteiger partial charge in [0.1, 0.15) is 11.3 Å². The van der Waals surface area contributed by atoms with Crippen LogP contribution in [-0.2, 0) is 22.7 Å². The quantitative estimate of drug-likeness (QED) is 0.600. The average Bonchev–Trinajstić information content (AvgIpc) is 3.48. The fourth-order valence-electron chi connectivity index (χ4n) is 3.76. The van der Waals surface area contributed by atoms with Crippen LogP contribution in [0.3, 0.4) is 0 Å². The van der Waals surface area contributed by atoms with E-state index in [-0.39, 0.29) is 5.91 Å². The summed E-state index contributed by atoms with van der Waals surface area (Å²) < 4.78 is 12.7. The van der Waals surface area contributed by atoms with E-state index in [0.717, 1.165) is 33.6 Å². The van der Waals surface area contributed by atoms with Crippen molar-refractivity contribution < 1.29 is 14.3 Å². The van der Waals surface area contributed by atoms with E-state index in [4.69, 9.17) is 20.2 Å². The number of methoxy groups -OCH3 is 2. The van der Waals surface area contributed by atoms with Crippen LogP contribution in [0.25, 0.3) is 22.3 Å². The van der Waals surface area contributed by atoms with E-state index in [1.807, 2.05) is 23.0 Å². The van der Waals surface area contributed by atoms with E-state index >= 15 is 0 Å². The van der Waals surface area contributed by atoms with Crippen molar-refractivity contribution in [1.82, 2.24) is 14.8 Å². The molecule has 1 aliphatic rings. The second-order valence-corrected chi connectivity index (χ2v) is 7.50. The van der Waals surface area contributed by atoms with Gasteiger partial charge in [0.2, 0.25) is 5.91 Å². The van der Waals surface area contributed by atoms with Crippen LogP contribution in [-0.4, -0.2) is 34.9 Å². The van der Waals surface area contributed by atoms with Crippen molar-refractivity contribution in [3.63, 3.8) is 0 Å². The minimum atomic E-state index is -0.282. The Morgan fingerprint density at radius 2 is 2.10 bits per heavy atom. The van der Waals surface area contributed by atoms with Crippen molar-refractivity contribution in [2.45, 2.75) is 44.8 Å². The number of ether oxygens (including phenoxy) is 2. The van der Waals surface area contributed by atoms with E-state index in [1.165, 1.54) is 18.4 Å². The van der Waals surface area contributed by atoms with E-state index in [0.29, 0.717) is 31.9 Å². The maximum Gasteiger partial charge on any atom is 0.217 e. The molecule has 4 rings (SSSR count). The highest BCUT2D eigenvalue weighted by molar-refractivity contribution is 5.83. The number of carbonyl (C=O) groups is 1. The van der Waals surface area contributed by atoms with Gasteiger partial charge in [-0.1, -0.05) is 0 Å². The Hall–Kier alpha value is -2.93. The van der Waals surface area contributed by atoms with Gasteiger partial charge in [-0.3, -0.25) is 9.48 Å². The lowest BCUT2D eigenvalue weighted by Gasteiger charge is -2.12. The fraction of sp³-hybridized carbons (Fsp3) is 0.409. The van der Waals surface area contributed by atoms with E-state index in [2.05, 4.69) is 17.2 Å². The first-order chi connectivity index (χ1) is 14.1. The molecule has 29 heavy (non-hydrogen) atoms. The summed E-state index contributed by atoms with van der Waals surface area (Å²) in [7, 11) is 3.34. The topological polar surface area (TPSA) is 92.3 Å². The Balaban J connectivity index is 1.73. The number of aryl methyl sites for hydroxylation is 1. The van der Waals surface area contributed by atoms with Crippen molar-refractivity contribution in [3.05, 3.63) is 41.6 Å². The van der Waals surface area contributed by atoms with Gasteiger partial charge in [-0.25, -0.2) is 4.98 Å². The summed E-state index contributed by atoms with van der Waals surface area (Å²) >= 11 is 0. The first-order valence-corrected chi connectivity index (χ1v) is 9.91. The van der Waals surface area contributed by atoms with Gasteiger partial charge in [0, 0.05) is 31.2 Å². The first kappa shape index (κ1) is 19.4. The molecule has 7 nitrogen and oxygen atoms in total. The van der Waals surface area contributed by atoms with Crippen LogP contribution in [0.5, 0.6) is 5.75 Å². The molecule has 7 heteroatoms. The fourth-order valence-corrected chi connectivity index (χ4v) is 3.76. The molecule has 2 aromatic heterocycles. The normalized spacial score (nSPS) is 13.7. The standard InChI is InChI=1S/C22H26N4O3/c1-28-13-16-10-15(7-8-20(16)29-2)18-11-17(14-5-6-14)22-19(25-18)12-24-26(22)9-3-4-21(23)27/h7-8,10-12,14H,3-6,9,13H2,1-2H3,(H2,23,27). The van der Waals surface area contributed by atoms with E-state index in [9.17, 15) is 4.79 Å². The largest absolute Gasteiger partial charge is 0.496 e. The summed E-state index contributed by atoms with van der Waals surface area (Å²) in [4.78, 5) is 15.9. The third-order valence-electron chi connectivity index (χ3n) is 5.31. The van der Waals surface area contributed by atoms with E-state index < -0.39 is 0 Å². The molecule has 0 radical (unpaired) electrons. The maximum absolute atomic E-state index is 11.1. The number of amides is 1. The number of fused-ring (bicyclic) bond motifs is 1. The van der Waals surface area contributed by atoms with Gasteiger partial charge in [-0.05, 0) is 55.0 Å². The molecule has 0 atom stereocenters. The summed E-state index contributed by atoms with van der Waals surface area (Å²) in [5.74, 6) is 1.07. The minimum absolute atomic E-state index is 0.282. The molecule has 2 N–H and O–H groups in total. The SMILES string of the molecule is COCc1cc(-c2cc(C3CC3)c3c(cnn3CCCC(N)=O)n2)ccc1OC. The Morgan fingerprint density at radius 1 is 1.28 bits per heavy atom. The monoisotopic (exact) mass is 394 g/mol. The van der Waals surface area contributed by atoms with Crippen LogP contribution < -0.4 is 10.5 Å². The van der Waals surface area contributed by atoms with Gasteiger partial charge in [0.25, 0.3) is 0 Å². The van der Waals surface area contributed by atoms with Crippen molar-refractivity contribution in [2.75, 3.05) is 14.2 Å². The third-order valence-corrected chi connectivity index (χ3v) is 5.31. The smallest absolute Gasteiger partial charge is 0.217 e. The molecule has 0 unspecified atom stereocenters. The van der Waals surface area contributed by atoms with Gasteiger partial charge in [-0.2, -0.15) is 5.10 Å².